The number of carbonyl (C=O) groups excluding carboxylic acids is 1. The quantitative estimate of drug-likeness (QED) is 0.351. The molecular formula is C11H14Cl3NO6. The minimum Gasteiger partial charge on any atom is -0.444 e. The molecular weight excluding hydrogens is 348 g/mol. The van der Waals surface area contributed by atoms with Crippen molar-refractivity contribution in [3.05, 3.63) is 0 Å². The van der Waals surface area contributed by atoms with E-state index in [0.29, 0.717) is 0 Å². The van der Waals surface area contributed by atoms with Gasteiger partial charge in [0.1, 0.15) is 6.10 Å². The van der Waals surface area contributed by atoms with Crippen LogP contribution in [0.1, 0.15) is 13.8 Å². The highest BCUT2D eigenvalue weighted by atomic mass is 35.6. The zero-order chi connectivity index (χ0) is 16.0. The van der Waals surface area contributed by atoms with Gasteiger partial charge < -0.3 is 23.7 Å². The van der Waals surface area contributed by atoms with Crippen LogP contribution in [0.3, 0.4) is 0 Å². The fraction of sp³-hybridized carbons (Fsp3) is 0.818. The molecule has 0 aromatic rings. The predicted molar refractivity (Wildman–Crippen MR) is 74.0 cm³/mol. The van der Waals surface area contributed by atoms with Crippen molar-refractivity contribution in [3.63, 3.8) is 0 Å². The monoisotopic (exact) mass is 361 g/mol. The molecule has 0 radical (unpaired) electrons. The van der Waals surface area contributed by atoms with E-state index in [-0.39, 0.29) is 0 Å². The van der Waals surface area contributed by atoms with E-state index in [0.717, 1.165) is 0 Å². The van der Waals surface area contributed by atoms with Crippen molar-refractivity contribution in [2.45, 2.75) is 47.8 Å². The number of fused-ring (bicyclic) bond motifs is 1. The number of hydrogen-bond acceptors (Lipinski definition) is 7. The molecule has 2 fully saturated rings. The summed E-state index contributed by atoms with van der Waals surface area (Å²) in [5, 5.41) is 7.59. The lowest BCUT2D eigenvalue weighted by molar-refractivity contribution is -0.287. The van der Waals surface area contributed by atoms with Crippen LogP contribution < -0.4 is 0 Å². The van der Waals surface area contributed by atoms with E-state index in [1.54, 1.807) is 13.8 Å². The molecule has 2 rings (SSSR count). The summed E-state index contributed by atoms with van der Waals surface area (Å²) in [7, 11) is 1.46. The van der Waals surface area contributed by atoms with Gasteiger partial charge in [-0.15, -0.1) is 0 Å². The van der Waals surface area contributed by atoms with Crippen molar-refractivity contribution in [2.24, 2.45) is 0 Å². The summed E-state index contributed by atoms with van der Waals surface area (Å²) < 4.78 is 24.2. The molecule has 0 aromatic carbocycles. The third-order valence-corrected chi connectivity index (χ3v) is 3.72. The van der Waals surface area contributed by atoms with Gasteiger partial charge >= 0.3 is 6.16 Å². The number of nitrogens with one attached hydrogen (secondary N) is 1. The number of ether oxygens (including phenoxy) is 5. The van der Waals surface area contributed by atoms with Gasteiger partial charge in [0.15, 0.2) is 6.10 Å². The molecule has 3 unspecified atom stereocenters. The number of halogens is 3. The zero-order valence-electron chi connectivity index (χ0n) is 11.4. The Morgan fingerprint density at radius 1 is 1.29 bits per heavy atom. The first-order chi connectivity index (χ1) is 9.56. The van der Waals surface area contributed by atoms with E-state index in [9.17, 15) is 4.79 Å². The molecule has 2 aliphatic heterocycles. The summed E-state index contributed by atoms with van der Waals surface area (Å²) in [6, 6.07) is 0. The second kappa shape index (κ2) is 5.62. The molecule has 0 spiro atoms. The standard InChI is InChI=1S/C11H14Cl3NO6/c1-10(2)6(17-3)4-5(19-9(16)18-4)7(21-10)20-8(15)11(12,13)14/h4-7,15H,1-3H3/t4-,5?,6?,7?/m0/s1. The Labute approximate surface area is 136 Å². The lowest BCUT2D eigenvalue weighted by Gasteiger charge is -2.45. The van der Waals surface area contributed by atoms with E-state index in [1.165, 1.54) is 7.11 Å². The van der Waals surface area contributed by atoms with Gasteiger partial charge in [0.05, 0.1) is 5.60 Å². The first-order valence-electron chi connectivity index (χ1n) is 5.96. The SMILES string of the molecule is COC1[C@H]2OC(=O)OC2C(OC(=N)C(Cl)(Cl)Cl)OC1(C)C. The normalized spacial score (nSPS) is 34.7. The van der Waals surface area contributed by atoms with E-state index >= 15 is 0 Å². The number of alkyl halides is 3. The number of hydrogen-bond donors (Lipinski definition) is 1. The van der Waals surface area contributed by atoms with Gasteiger partial charge in [-0.25, -0.2) is 4.79 Å². The van der Waals surface area contributed by atoms with Crippen molar-refractivity contribution in [2.75, 3.05) is 7.11 Å². The van der Waals surface area contributed by atoms with Crippen LogP contribution in [-0.2, 0) is 23.7 Å². The highest BCUT2D eigenvalue weighted by Gasteiger charge is 2.59. The Kier molecular flexibility index (Phi) is 4.52. The molecule has 0 aliphatic carbocycles. The second-order valence-electron chi connectivity index (χ2n) is 5.11. The molecule has 2 heterocycles. The number of rotatable bonds is 2. The maximum Gasteiger partial charge on any atom is 0.509 e. The molecule has 2 aliphatic rings. The minimum absolute atomic E-state index is 0.573. The van der Waals surface area contributed by atoms with Crippen molar-refractivity contribution < 1.29 is 28.5 Å². The van der Waals surface area contributed by atoms with E-state index < -0.39 is 46.0 Å². The Morgan fingerprint density at radius 2 is 1.86 bits per heavy atom. The largest absolute Gasteiger partial charge is 0.509 e. The van der Waals surface area contributed by atoms with Crippen LogP contribution in [0.15, 0.2) is 0 Å². The summed E-state index contributed by atoms with van der Waals surface area (Å²) in [5.41, 5.74) is -0.873. The van der Waals surface area contributed by atoms with Crippen LogP contribution in [0.4, 0.5) is 4.79 Å². The Bertz CT molecular complexity index is 452. The summed E-state index contributed by atoms with van der Waals surface area (Å²) in [6.45, 7) is 3.44. The Hall–Kier alpha value is -0.470. The van der Waals surface area contributed by atoms with Crippen molar-refractivity contribution in [1.29, 1.82) is 5.41 Å². The fourth-order valence-corrected chi connectivity index (χ4v) is 2.48. The van der Waals surface area contributed by atoms with Gasteiger partial charge in [-0.1, -0.05) is 34.8 Å². The molecule has 0 bridgehead atoms. The number of carbonyl (C=O) groups is 1. The summed E-state index contributed by atoms with van der Waals surface area (Å²) in [5.74, 6) is -0.647. The predicted octanol–water partition coefficient (Wildman–Crippen LogP) is 2.40. The molecule has 4 atom stereocenters. The van der Waals surface area contributed by atoms with Crippen molar-refractivity contribution in [1.82, 2.24) is 0 Å². The van der Waals surface area contributed by atoms with E-state index in [2.05, 4.69) is 0 Å². The summed E-state index contributed by atoms with van der Waals surface area (Å²) in [4.78, 5) is 11.4. The summed E-state index contributed by atoms with van der Waals surface area (Å²) in [6.07, 6.45) is -4.27. The van der Waals surface area contributed by atoms with Crippen LogP contribution in [0, 0.1) is 5.41 Å². The molecule has 0 aromatic heterocycles. The summed E-state index contributed by atoms with van der Waals surface area (Å²) >= 11 is 16.7. The maximum atomic E-state index is 11.4. The molecule has 0 amide bonds. The van der Waals surface area contributed by atoms with Crippen LogP contribution in [0.25, 0.3) is 0 Å². The van der Waals surface area contributed by atoms with Gasteiger partial charge in [0.2, 0.25) is 18.3 Å². The molecule has 0 saturated carbocycles. The third-order valence-electron chi connectivity index (χ3n) is 3.21. The first kappa shape index (κ1) is 16.9. The molecule has 7 nitrogen and oxygen atoms in total. The van der Waals surface area contributed by atoms with Crippen LogP contribution in [0.5, 0.6) is 0 Å². The fourth-order valence-electron chi connectivity index (χ4n) is 2.35. The van der Waals surface area contributed by atoms with Gasteiger partial charge in [-0.2, -0.15) is 0 Å². The maximum absolute atomic E-state index is 11.4. The highest BCUT2D eigenvalue weighted by molar-refractivity contribution is 6.76. The number of methoxy groups -OCH3 is 1. The second-order valence-corrected chi connectivity index (χ2v) is 7.39. The van der Waals surface area contributed by atoms with Gasteiger partial charge in [-0.3, -0.25) is 5.41 Å². The zero-order valence-corrected chi connectivity index (χ0v) is 13.7. The Morgan fingerprint density at radius 3 is 2.38 bits per heavy atom. The lowest BCUT2D eigenvalue weighted by atomic mass is 9.89. The third kappa shape index (κ3) is 3.32. The highest BCUT2D eigenvalue weighted by Crippen LogP contribution is 2.39. The topological polar surface area (TPSA) is 87.1 Å². The van der Waals surface area contributed by atoms with Crippen molar-refractivity contribution in [3.8, 4) is 0 Å². The van der Waals surface area contributed by atoms with Gasteiger partial charge in [0.25, 0.3) is 3.79 Å². The van der Waals surface area contributed by atoms with Crippen LogP contribution in [0.2, 0.25) is 0 Å². The van der Waals surface area contributed by atoms with Gasteiger partial charge in [0, 0.05) is 7.11 Å². The van der Waals surface area contributed by atoms with E-state index in [4.69, 9.17) is 63.9 Å². The average Bonchev–Trinajstić information content (AvgIpc) is 2.68. The smallest absolute Gasteiger partial charge is 0.444 e. The molecule has 120 valence electrons. The average molecular weight is 363 g/mol. The van der Waals surface area contributed by atoms with Crippen molar-refractivity contribution >= 4 is 46.9 Å². The molecule has 1 N–H and O–H groups in total. The first-order valence-corrected chi connectivity index (χ1v) is 7.10. The molecule has 2 saturated heterocycles. The lowest BCUT2D eigenvalue weighted by Crippen LogP contribution is -2.62. The molecule has 21 heavy (non-hydrogen) atoms. The van der Waals surface area contributed by atoms with Crippen LogP contribution in [-0.4, -0.2) is 53.2 Å². The van der Waals surface area contributed by atoms with Gasteiger partial charge in [-0.05, 0) is 13.8 Å². The molecule has 10 heteroatoms. The van der Waals surface area contributed by atoms with E-state index in [1.807, 2.05) is 0 Å². The minimum atomic E-state index is -2.05. The Balaban J connectivity index is 2.22. The van der Waals surface area contributed by atoms with Crippen LogP contribution >= 0.6 is 34.8 Å².